The van der Waals surface area contributed by atoms with Crippen LogP contribution in [-0.2, 0) is 0 Å². The number of halogens is 3. The van der Waals surface area contributed by atoms with Crippen molar-refractivity contribution in [1.82, 2.24) is 4.98 Å². The van der Waals surface area contributed by atoms with Gasteiger partial charge in [-0.2, -0.15) is 0 Å². The van der Waals surface area contributed by atoms with Crippen LogP contribution >= 0.6 is 0 Å². The van der Waals surface area contributed by atoms with E-state index in [2.05, 4.69) is 4.98 Å². The van der Waals surface area contributed by atoms with Crippen LogP contribution in [0.15, 0.2) is 6.20 Å². The molecule has 0 unspecified atom stereocenters. The molecule has 0 bridgehead atoms. The molecule has 1 aromatic rings. The molecule has 94 valence electrons. The fourth-order valence-corrected chi connectivity index (χ4v) is 3.69. The van der Waals surface area contributed by atoms with Crippen molar-refractivity contribution in [3.8, 4) is 0 Å². The summed E-state index contributed by atoms with van der Waals surface area (Å²) in [6, 6.07) is 0. The van der Waals surface area contributed by atoms with Gasteiger partial charge < -0.3 is 0 Å². The molecule has 0 aliphatic carbocycles. The van der Waals surface area contributed by atoms with E-state index in [1.54, 1.807) is 0 Å². The van der Waals surface area contributed by atoms with Gasteiger partial charge in [0.05, 0.1) is 0 Å². The number of hydrogen-bond acceptors (Lipinski definition) is 3. The van der Waals surface area contributed by atoms with Gasteiger partial charge in [-0.15, -0.1) is 0 Å². The van der Waals surface area contributed by atoms with Gasteiger partial charge in [0.2, 0.25) is 0 Å². The van der Waals surface area contributed by atoms with Crippen LogP contribution in [0.25, 0.3) is 0 Å². The van der Waals surface area contributed by atoms with E-state index in [4.69, 9.17) is 0 Å². The summed E-state index contributed by atoms with van der Waals surface area (Å²) >= 11 is -0.593. The number of hydrogen-bond donors (Lipinski definition) is 0. The predicted molar refractivity (Wildman–Crippen MR) is 57.6 cm³/mol. The molecule has 1 saturated heterocycles. The first-order valence-corrected chi connectivity index (χ1v) is 7.02. The topological polar surface area (TPSA) is 33.2 Å². The van der Waals surface area contributed by atoms with E-state index in [1.807, 2.05) is 4.90 Å². The Morgan fingerprint density at radius 2 is 1.94 bits per heavy atom. The Morgan fingerprint density at radius 3 is 2.53 bits per heavy atom. The summed E-state index contributed by atoms with van der Waals surface area (Å²) in [6.45, 7) is 1.67. The number of carbonyl (C=O) groups is 1. The molecule has 0 saturated carbocycles. The predicted octanol–water partition coefficient (Wildman–Crippen LogP) is 1.87. The number of piperidine rings is 1. The van der Waals surface area contributed by atoms with Crippen molar-refractivity contribution < 1.29 is 18.0 Å². The van der Waals surface area contributed by atoms with Gasteiger partial charge in [0, 0.05) is 0 Å². The summed E-state index contributed by atoms with van der Waals surface area (Å²) in [4.78, 5) is 17.0. The van der Waals surface area contributed by atoms with Crippen molar-refractivity contribution >= 4 is 25.0 Å². The first kappa shape index (κ1) is 12.6. The molecule has 1 aliphatic heterocycles. The van der Waals surface area contributed by atoms with Crippen LogP contribution in [-0.4, -0.2) is 44.5 Å². The quantitative estimate of drug-likeness (QED) is 0.617. The Balaban J connectivity index is 2.12. The summed E-state index contributed by atoms with van der Waals surface area (Å²) in [7, 11) is 0. The summed E-state index contributed by atoms with van der Waals surface area (Å²) in [5.41, 5.74) is 0. The number of anilines is 1. The number of nitrogens with zero attached hydrogens (tertiary/aromatic N) is 2. The third-order valence-electron chi connectivity index (χ3n) is 2.60. The summed E-state index contributed by atoms with van der Waals surface area (Å²) in [6.07, 6.45) is -0.464. The Bertz CT molecular complexity index is 410. The van der Waals surface area contributed by atoms with Crippen molar-refractivity contribution in [2.24, 2.45) is 0 Å². The SMILES string of the molecule is O=C(c1cnc(N2CCCCC2)[se]1)C(F)(F)F. The van der Waals surface area contributed by atoms with Crippen molar-refractivity contribution in [3.05, 3.63) is 10.6 Å². The number of ketones is 1. The van der Waals surface area contributed by atoms with E-state index in [0.29, 0.717) is 4.69 Å². The van der Waals surface area contributed by atoms with E-state index in [-0.39, 0.29) is 4.44 Å². The molecule has 0 N–H and O–H groups in total. The van der Waals surface area contributed by atoms with E-state index in [1.165, 1.54) is 0 Å². The van der Waals surface area contributed by atoms with Gasteiger partial charge in [-0.1, -0.05) is 0 Å². The van der Waals surface area contributed by atoms with E-state index < -0.39 is 26.5 Å². The molecule has 0 amide bonds. The molecular weight excluding hydrogens is 300 g/mol. The van der Waals surface area contributed by atoms with Crippen molar-refractivity contribution in [1.29, 1.82) is 0 Å². The number of aromatic nitrogens is 1. The van der Waals surface area contributed by atoms with Crippen LogP contribution in [0.1, 0.15) is 28.5 Å². The molecule has 0 atom stereocenters. The molecule has 2 rings (SSSR count). The summed E-state index contributed by atoms with van der Waals surface area (Å²) < 4.78 is 37.1. The van der Waals surface area contributed by atoms with Crippen molar-refractivity contribution in [2.75, 3.05) is 18.0 Å². The van der Waals surface area contributed by atoms with Gasteiger partial charge in [0.25, 0.3) is 0 Å². The molecule has 2 heterocycles. The van der Waals surface area contributed by atoms with Gasteiger partial charge in [0.15, 0.2) is 0 Å². The van der Waals surface area contributed by atoms with Crippen LogP contribution in [0.4, 0.5) is 17.9 Å². The van der Waals surface area contributed by atoms with Gasteiger partial charge in [-0.25, -0.2) is 0 Å². The maximum absolute atomic E-state index is 12.2. The first-order chi connectivity index (χ1) is 7.98. The molecule has 0 aromatic carbocycles. The second-order valence-corrected chi connectivity index (χ2v) is 6.00. The summed E-state index contributed by atoms with van der Waals surface area (Å²) in [5.74, 6) is -1.74. The van der Waals surface area contributed by atoms with E-state index in [0.717, 1.165) is 38.5 Å². The van der Waals surface area contributed by atoms with Crippen LogP contribution < -0.4 is 4.90 Å². The maximum atomic E-state index is 12.2. The minimum atomic E-state index is -4.78. The number of rotatable bonds is 2. The average Bonchev–Trinajstić information content (AvgIpc) is 2.77. The minimum absolute atomic E-state index is 0.189. The zero-order chi connectivity index (χ0) is 12.5. The zero-order valence-electron chi connectivity index (χ0n) is 8.96. The third-order valence-corrected chi connectivity index (χ3v) is 4.82. The number of carbonyl (C=O) groups excluding carboxylic acids is 1. The Morgan fingerprint density at radius 1 is 1.29 bits per heavy atom. The van der Waals surface area contributed by atoms with Crippen LogP contribution in [0.2, 0.25) is 0 Å². The normalized spacial score (nSPS) is 17.2. The third kappa shape index (κ3) is 2.90. The molecule has 1 aliphatic rings. The Kier molecular flexibility index (Phi) is 3.58. The Hall–Kier alpha value is -0.811. The van der Waals surface area contributed by atoms with E-state index in [9.17, 15) is 18.0 Å². The van der Waals surface area contributed by atoms with Gasteiger partial charge in [-0.05, 0) is 0 Å². The zero-order valence-corrected chi connectivity index (χ0v) is 10.7. The fourth-order valence-electron chi connectivity index (χ4n) is 1.74. The van der Waals surface area contributed by atoms with Crippen LogP contribution in [0, 0.1) is 0 Å². The van der Waals surface area contributed by atoms with Crippen LogP contribution in [0.5, 0.6) is 0 Å². The van der Waals surface area contributed by atoms with Gasteiger partial charge in [0.1, 0.15) is 0 Å². The van der Waals surface area contributed by atoms with Gasteiger partial charge >= 0.3 is 102 Å². The van der Waals surface area contributed by atoms with Gasteiger partial charge in [-0.3, -0.25) is 0 Å². The summed E-state index contributed by atoms with van der Waals surface area (Å²) in [5, 5.41) is 0. The molecule has 0 spiro atoms. The molecule has 3 nitrogen and oxygen atoms in total. The molecule has 17 heavy (non-hydrogen) atoms. The van der Waals surface area contributed by atoms with Crippen molar-refractivity contribution in [2.45, 2.75) is 25.4 Å². The molecular formula is C10H11F3N2OSe. The number of Topliss-reactive ketones (excluding diaryl/α,β-unsaturated/α-hetero) is 1. The fraction of sp³-hybridized carbons (Fsp3) is 0.600. The molecule has 0 radical (unpaired) electrons. The first-order valence-electron chi connectivity index (χ1n) is 5.31. The molecule has 1 aromatic heterocycles. The second kappa shape index (κ2) is 4.82. The molecule has 7 heteroatoms. The second-order valence-electron chi connectivity index (χ2n) is 3.88. The molecule has 1 fully saturated rings. The average molecular weight is 311 g/mol. The standard InChI is InChI=1S/C10H11F3N2OSe/c11-10(12,13)8(16)7-6-14-9(17-7)15-4-2-1-3-5-15/h6H,1-5H2. The van der Waals surface area contributed by atoms with E-state index >= 15 is 0 Å². The van der Waals surface area contributed by atoms with Crippen molar-refractivity contribution in [3.63, 3.8) is 0 Å². The number of alkyl halides is 3. The Labute approximate surface area is 102 Å². The monoisotopic (exact) mass is 312 g/mol. The van der Waals surface area contributed by atoms with Crippen LogP contribution in [0.3, 0.4) is 0 Å².